The molecule has 0 bridgehead atoms. The number of hydrogen-bond acceptors (Lipinski definition) is 6. The Hall–Kier alpha value is -3.60. The summed E-state index contributed by atoms with van der Waals surface area (Å²) in [5.41, 5.74) is 1.93. The molecule has 1 amide bonds. The van der Waals surface area contributed by atoms with Crippen molar-refractivity contribution in [1.82, 2.24) is 15.5 Å². The number of ether oxygens (including phenoxy) is 1. The smallest absolute Gasteiger partial charge is 0.407 e. The van der Waals surface area contributed by atoms with Gasteiger partial charge in [-0.2, -0.15) is 0 Å². The highest BCUT2D eigenvalue weighted by molar-refractivity contribution is 6.74. The zero-order chi connectivity index (χ0) is 35.1. The zero-order valence-corrected chi connectivity index (χ0v) is 30.6. The van der Waals surface area contributed by atoms with E-state index in [1.807, 2.05) is 48.5 Å². The van der Waals surface area contributed by atoms with Crippen molar-refractivity contribution in [3.63, 3.8) is 0 Å². The SMILES string of the molecule is CC(C)(C)[C@@H](NC[C@@H](CNC(=O)OCc1ccccc1)O[Si](C)(C)C(C)(C)C)C1=NC(c2cc(F)ccc2F)CN1Cc1ccccc1. The molecular formula is C38H52F2N4O3Si. The summed E-state index contributed by atoms with van der Waals surface area (Å²) < 4.78 is 41.6. The van der Waals surface area contributed by atoms with Crippen LogP contribution in [0.15, 0.2) is 83.9 Å². The highest BCUT2D eigenvalue weighted by Crippen LogP contribution is 2.38. The molecule has 0 saturated carbocycles. The molecule has 3 atom stereocenters. The summed E-state index contributed by atoms with van der Waals surface area (Å²) in [4.78, 5) is 20.0. The van der Waals surface area contributed by atoms with Crippen molar-refractivity contribution in [3.05, 3.63) is 107 Å². The fraction of sp³-hybridized carbons (Fsp3) is 0.474. The molecule has 1 aliphatic rings. The number of halogens is 2. The van der Waals surface area contributed by atoms with Gasteiger partial charge in [0, 0.05) is 31.7 Å². The van der Waals surface area contributed by atoms with Crippen LogP contribution in [0.25, 0.3) is 0 Å². The Bertz CT molecular complexity index is 1520. The lowest BCUT2D eigenvalue weighted by atomic mass is 9.85. The molecule has 0 aliphatic carbocycles. The molecule has 0 radical (unpaired) electrons. The van der Waals surface area contributed by atoms with Crippen molar-refractivity contribution in [2.24, 2.45) is 10.4 Å². The average Bonchev–Trinajstić information content (AvgIpc) is 3.42. The van der Waals surface area contributed by atoms with Gasteiger partial charge in [-0.15, -0.1) is 0 Å². The maximum Gasteiger partial charge on any atom is 0.407 e. The topological polar surface area (TPSA) is 75.2 Å². The maximum absolute atomic E-state index is 15.0. The second-order valence-electron chi connectivity index (χ2n) is 15.2. The van der Waals surface area contributed by atoms with Gasteiger partial charge in [-0.25, -0.2) is 13.6 Å². The van der Waals surface area contributed by atoms with Gasteiger partial charge in [0.05, 0.1) is 18.2 Å². The summed E-state index contributed by atoms with van der Waals surface area (Å²) in [7, 11) is -2.24. The van der Waals surface area contributed by atoms with Crippen LogP contribution in [0.2, 0.25) is 18.1 Å². The molecule has 3 aromatic carbocycles. The molecule has 1 heterocycles. The van der Waals surface area contributed by atoms with Gasteiger partial charge in [0.1, 0.15) is 24.1 Å². The summed E-state index contributed by atoms with van der Waals surface area (Å²) in [5, 5.41) is 6.61. The van der Waals surface area contributed by atoms with E-state index in [-0.39, 0.29) is 41.3 Å². The van der Waals surface area contributed by atoms with E-state index in [9.17, 15) is 9.18 Å². The van der Waals surface area contributed by atoms with Crippen LogP contribution in [0, 0.1) is 17.0 Å². The predicted molar refractivity (Wildman–Crippen MR) is 191 cm³/mol. The Morgan fingerprint density at radius 1 is 0.938 bits per heavy atom. The molecular weight excluding hydrogens is 627 g/mol. The number of hydrogen-bond donors (Lipinski definition) is 2. The minimum atomic E-state index is -2.24. The molecule has 48 heavy (non-hydrogen) atoms. The van der Waals surface area contributed by atoms with Crippen LogP contribution in [0.4, 0.5) is 13.6 Å². The molecule has 10 heteroatoms. The zero-order valence-electron chi connectivity index (χ0n) is 29.6. The quantitative estimate of drug-likeness (QED) is 0.178. The first-order valence-electron chi connectivity index (χ1n) is 16.7. The summed E-state index contributed by atoms with van der Waals surface area (Å²) >= 11 is 0. The molecule has 0 fully saturated rings. The van der Waals surface area contributed by atoms with Gasteiger partial charge in [-0.05, 0) is 52.9 Å². The molecule has 4 rings (SSSR count). The monoisotopic (exact) mass is 678 g/mol. The lowest BCUT2D eigenvalue weighted by molar-refractivity contribution is 0.125. The summed E-state index contributed by atoms with van der Waals surface area (Å²) in [6.45, 7) is 19.2. The number of amides is 1. The van der Waals surface area contributed by atoms with Crippen molar-refractivity contribution in [2.45, 2.75) is 91.0 Å². The van der Waals surface area contributed by atoms with Gasteiger partial charge in [-0.3, -0.25) is 4.99 Å². The van der Waals surface area contributed by atoms with Crippen LogP contribution in [0.5, 0.6) is 0 Å². The molecule has 1 unspecified atom stereocenters. The van der Waals surface area contributed by atoms with Gasteiger partial charge < -0.3 is 24.7 Å². The lowest BCUT2D eigenvalue weighted by Gasteiger charge is -2.41. The number of nitrogens with zero attached hydrogens (tertiary/aromatic N) is 2. The van der Waals surface area contributed by atoms with E-state index in [2.05, 4.69) is 82.3 Å². The van der Waals surface area contributed by atoms with Crippen LogP contribution < -0.4 is 10.6 Å². The Balaban J connectivity index is 1.58. The first-order valence-corrected chi connectivity index (χ1v) is 19.6. The standard InChI is InChI=1S/C38H52F2N4O3Si/c1-37(2,3)34(35-43-33(31-21-29(39)19-20-32(31)40)25-44(35)24-27-15-11-9-12-16-27)41-22-30(47-48(7,8)38(4,5)6)23-42-36(45)46-26-28-17-13-10-14-18-28/h9-21,30,33-34,41H,22-26H2,1-8H3,(H,42,45)/t30-,33?,34-/m0/s1. The minimum absolute atomic E-state index is 0.0488. The third-order valence-corrected chi connectivity index (χ3v) is 13.7. The molecule has 2 N–H and O–H groups in total. The van der Waals surface area contributed by atoms with Crippen LogP contribution >= 0.6 is 0 Å². The molecule has 7 nitrogen and oxygen atoms in total. The van der Waals surface area contributed by atoms with E-state index >= 15 is 4.39 Å². The number of benzene rings is 3. The van der Waals surface area contributed by atoms with Crippen LogP contribution in [0.1, 0.15) is 64.3 Å². The molecule has 0 spiro atoms. The highest BCUT2D eigenvalue weighted by Gasteiger charge is 2.41. The Morgan fingerprint density at radius 2 is 1.56 bits per heavy atom. The van der Waals surface area contributed by atoms with Gasteiger partial charge in [0.2, 0.25) is 0 Å². The van der Waals surface area contributed by atoms with E-state index in [4.69, 9.17) is 14.2 Å². The largest absolute Gasteiger partial charge is 0.445 e. The minimum Gasteiger partial charge on any atom is -0.445 e. The first-order chi connectivity index (χ1) is 22.5. The highest BCUT2D eigenvalue weighted by atomic mass is 28.4. The fourth-order valence-electron chi connectivity index (χ4n) is 5.48. The number of aliphatic imine (C=N–C) groups is 1. The number of amidine groups is 1. The molecule has 260 valence electrons. The Morgan fingerprint density at radius 3 is 2.17 bits per heavy atom. The number of rotatable bonds is 13. The van der Waals surface area contributed by atoms with E-state index in [1.54, 1.807) is 0 Å². The molecule has 1 aliphatic heterocycles. The van der Waals surface area contributed by atoms with Crippen LogP contribution in [0.3, 0.4) is 0 Å². The van der Waals surface area contributed by atoms with Crippen molar-refractivity contribution >= 4 is 20.2 Å². The van der Waals surface area contributed by atoms with E-state index in [0.29, 0.717) is 19.6 Å². The molecule has 0 aromatic heterocycles. The maximum atomic E-state index is 15.0. The Labute approximate surface area is 286 Å². The third kappa shape index (κ3) is 10.2. The van der Waals surface area contributed by atoms with Crippen LogP contribution in [-0.2, 0) is 22.3 Å². The number of carbonyl (C=O) groups is 1. The fourth-order valence-corrected chi connectivity index (χ4v) is 6.84. The molecule has 0 saturated heterocycles. The third-order valence-electron chi connectivity index (χ3n) is 9.17. The van der Waals surface area contributed by atoms with Crippen molar-refractivity contribution in [3.8, 4) is 0 Å². The van der Waals surface area contributed by atoms with Gasteiger partial charge in [-0.1, -0.05) is 102 Å². The van der Waals surface area contributed by atoms with Crippen molar-refractivity contribution < 1.29 is 22.7 Å². The first kappa shape index (κ1) is 37.2. The van der Waals surface area contributed by atoms with E-state index < -0.39 is 32.1 Å². The predicted octanol–water partition coefficient (Wildman–Crippen LogP) is 8.24. The summed E-state index contributed by atoms with van der Waals surface area (Å²) in [5.74, 6) is -0.184. The van der Waals surface area contributed by atoms with E-state index in [1.165, 1.54) is 12.1 Å². The normalized spacial score (nSPS) is 16.8. The van der Waals surface area contributed by atoms with Gasteiger partial charge in [0.15, 0.2) is 8.32 Å². The van der Waals surface area contributed by atoms with Crippen molar-refractivity contribution in [1.29, 1.82) is 0 Å². The van der Waals surface area contributed by atoms with Crippen LogP contribution in [-0.4, -0.2) is 56.9 Å². The number of alkyl carbamates (subject to hydrolysis) is 1. The lowest BCUT2D eigenvalue weighted by Crippen LogP contribution is -2.56. The second-order valence-corrected chi connectivity index (χ2v) is 19.9. The van der Waals surface area contributed by atoms with Gasteiger partial charge in [0.25, 0.3) is 0 Å². The Kier molecular flexibility index (Phi) is 12.2. The number of carbonyl (C=O) groups excluding carboxylic acids is 1. The summed E-state index contributed by atoms with van der Waals surface area (Å²) in [6, 6.07) is 22.3. The van der Waals surface area contributed by atoms with E-state index in [0.717, 1.165) is 23.0 Å². The van der Waals surface area contributed by atoms with Gasteiger partial charge >= 0.3 is 6.09 Å². The van der Waals surface area contributed by atoms with Crippen molar-refractivity contribution in [2.75, 3.05) is 19.6 Å². The molecule has 3 aromatic rings. The number of nitrogens with one attached hydrogen (secondary N) is 2. The second kappa shape index (κ2) is 15.7. The summed E-state index contributed by atoms with van der Waals surface area (Å²) in [6.07, 6.45) is -0.870. The average molecular weight is 679 g/mol.